The van der Waals surface area contributed by atoms with Gasteiger partial charge >= 0.3 is 5.97 Å². The van der Waals surface area contributed by atoms with E-state index < -0.39 is 12.0 Å². The van der Waals surface area contributed by atoms with Gasteiger partial charge in [-0.25, -0.2) is 0 Å². The molecule has 5 nitrogen and oxygen atoms in total. The van der Waals surface area contributed by atoms with Gasteiger partial charge in [0.25, 0.3) is 0 Å². The lowest BCUT2D eigenvalue weighted by Crippen LogP contribution is -2.41. The fraction of sp³-hybridized carbons (Fsp3) is 0.562. The van der Waals surface area contributed by atoms with E-state index in [1.165, 1.54) is 0 Å². The van der Waals surface area contributed by atoms with Crippen LogP contribution in [-0.2, 0) is 11.3 Å². The number of carboxylic acid groups (broad SMARTS) is 1. The van der Waals surface area contributed by atoms with E-state index >= 15 is 0 Å². The smallest absolute Gasteiger partial charge is 0.320 e. The van der Waals surface area contributed by atoms with Gasteiger partial charge < -0.3 is 19.9 Å². The Bertz CT molecular complexity index is 462. The van der Waals surface area contributed by atoms with Crippen molar-refractivity contribution in [3.63, 3.8) is 0 Å². The average molecular weight is 295 g/mol. The first kappa shape index (κ1) is 17.3. The van der Waals surface area contributed by atoms with E-state index in [1.54, 1.807) is 7.11 Å². The summed E-state index contributed by atoms with van der Waals surface area (Å²) in [4.78, 5) is 11.3. The second-order valence-corrected chi connectivity index (χ2v) is 5.00. The third-order valence-corrected chi connectivity index (χ3v) is 3.53. The van der Waals surface area contributed by atoms with E-state index in [0.717, 1.165) is 12.0 Å². The van der Waals surface area contributed by atoms with Crippen molar-refractivity contribution in [1.82, 2.24) is 5.32 Å². The molecule has 0 spiro atoms. The molecule has 2 N–H and O–H groups in total. The van der Waals surface area contributed by atoms with Crippen LogP contribution >= 0.6 is 0 Å². The zero-order valence-electron chi connectivity index (χ0n) is 13.2. The van der Waals surface area contributed by atoms with E-state index in [4.69, 9.17) is 9.47 Å². The average Bonchev–Trinajstić information content (AvgIpc) is 2.47. The molecule has 0 fully saturated rings. The second kappa shape index (κ2) is 8.52. The molecule has 0 radical (unpaired) electrons. The number of hydrogen-bond acceptors (Lipinski definition) is 4. The van der Waals surface area contributed by atoms with E-state index in [2.05, 4.69) is 5.32 Å². The molecule has 0 aromatic heterocycles. The lowest BCUT2D eigenvalue weighted by Gasteiger charge is -2.20. The van der Waals surface area contributed by atoms with Crippen LogP contribution in [0.4, 0.5) is 0 Å². The van der Waals surface area contributed by atoms with Crippen molar-refractivity contribution in [3.05, 3.63) is 23.8 Å². The Labute approximate surface area is 126 Å². The summed E-state index contributed by atoms with van der Waals surface area (Å²) in [5.74, 6) is 0.613. The lowest BCUT2D eigenvalue weighted by molar-refractivity contribution is -0.140. The summed E-state index contributed by atoms with van der Waals surface area (Å²) in [6.07, 6.45) is 0.816. The minimum Gasteiger partial charge on any atom is -0.493 e. The molecule has 21 heavy (non-hydrogen) atoms. The van der Waals surface area contributed by atoms with Crippen LogP contribution in [0.15, 0.2) is 18.2 Å². The summed E-state index contributed by atoms with van der Waals surface area (Å²) in [6, 6.07) is 5.07. The Balaban J connectivity index is 2.78. The number of carbonyl (C=O) groups is 1. The first-order valence-corrected chi connectivity index (χ1v) is 7.29. The maximum Gasteiger partial charge on any atom is 0.320 e. The number of methoxy groups -OCH3 is 1. The van der Waals surface area contributed by atoms with Crippen molar-refractivity contribution < 1.29 is 19.4 Å². The first-order chi connectivity index (χ1) is 10.0. The van der Waals surface area contributed by atoms with Gasteiger partial charge in [-0.2, -0.15) is 0 Å². The minimum atomic E-state index is -0.817. The molecule has 118 valence electrons. The predicted molar refractivity (Wildman–Crippen MR) is 81.9 cm³/mol. The highest BCUT2D eigenvalue weighted by Crippen LogP contribution is 2.28. The van der Waals surface area contributed by atoms with Gasteiger partial charge in [-0.15, -0.1) is 0 Å². The maximum atomic E-state index is 11.3. The molecule has 0 aliphatic rings. The molecule has 0 bridgehead atoms. The molecule has 0 saturated heterocycles. The molecular weight excluding hydrogens is 270 g/mol. The molecule has 1 rings (SSSR count). The van der Waals surface area contributed by atoms with Crippen LogP contribution in [0, 0.1) is 5.92 Å². The van der Waals surface area contributed by atoms with Crippen LogP contribution in [0.25, 0.3) is 0 Å². The molecule has 0 aliphatic heterocycles. The van der Waals surface area contributed by atoms with E-state index in [-0.39, 0.29) is 5.92 Å². The van der Waals surface area contributed by atoms with Gasteiger partial charge in [0.05, 0.1) is 13.7 Å². The van der Waals surface area contributed by atoms with Gasteiger partial charge in [0.1, 0.15) is 6.04 Å². The fourth-order valence-electron chi connectivity index (χ4n) is 2.09. The zero-order valence-corrected chi connectivity index (χ0v) is 13.2. The van der Waals surface area contributed by atoms with E-state index in [1.807, 2.05) is 39.0 Å². The summed E-state index contributed by atoms with van der Waals surface area (Å²) >= 11 is 0. The number of aliphatic carboxylic acids is 1. The Hall–Kier alpha value is -1.75. The third-order valence-electron chi connectivity index (χ3n) is 3.53. The van der Waals surface area contributed by atoms with Gasteiger partial charge in [0.15, 0.2) is 11.5 Å². The molecule has 0 heterocycles. The molecule has 5 heteroatoms. The SMILES string of the molecule is CCOc1cc(CNC(C(=O)O)C(C)CC)ccc1OC. The van der Waals surface area contributed by atoms with Crippen molar-refractivity contribution in [1.29, 1.82) is 0 Å². The Kier molecular flexibility index (Phi) is 7.02. The summed E-state index contributed by atoms with van der Waals surface area (Å²) in [5, 5.41) is 12.4. The summed E-state index contributed by atoms with van der Waals surface area (Å²) < 4.78 is 10.8. The summed E-state index contributed by atoms with van der Waals surface area (Å²) in [5.41, 5.74) is 0.966. The first-order valence-electron chi connectivity index (χ1n) is 7.29. The van der Waals surface area contributed by atoms with Crippen LogP contribution in [-0.4, -0.2) is 30.8 Å². The molecule has 0 aliphatic carbocycles. The molecule has 1 aromatic carbocycles. The second-order valence-electron chi connectivity index (χ2n) is 5.00. The number of carboxylic acids is 1. The summed E-state index contributed by atoms with van der Waals surface area (Å²) in [7, 11) is 1.60. The molecule has 0 amide bonds. The van der Waals surface area contributed by atoms with Gasteiger partial charge in [-0.1, -0.05) is 26.3 Å². The van der Waals surface area contributed by atoms with Crippen molar-refractivity contribution in [2.24, 2.45) is 5.92 Å². The highest BCUT2D eigenvalue weighted by Gasteiger charge is 2.22. The maximum absolute atomic E-state index is 11.3. The molecule has 1 aromatic rings. The van der Waals surface area contributed by atoms with Crippen LogP contribution < -0.4 is 14.8 Å². The van der Waals surface area contributed by atoms with Crippen molar-refractivity contribution in [3.8, 4) is 11.5 Å². The monoisotopic (exact) mass is 295 g/mol. The fourth-order valence-corrected chi connectivity index (χ4v) is 2.09. The third kappa shape index (κ3) is 4.93. The standard InChI is InChI=1S/C16H25NO4/c1-5-11(3)15(16(18)19)17-10-12-7-8-13(20-4)14(9-12)21-6-2/h7-9,11,15,17H,5-6,10H2,1-4H3,(H,18,19). The molecule has 2 atom stereocenters. The largest absolute Gasteiger partial charge is 0.493 e. The lowest BCUT2D eigenvalue weighted by atomic mass is 9.99. The Morgan fingerprint density at radius 3 is 2.57 bits per heavy atom. The van der Waals surface area contributed by atoms with E-state index in [9.17, 15) is 9.90 Å². The van der Waals surface area contributed by atoms with Gasteiger partial charge in [-0.3, -0.25) is 4.79 Å². The minimum absolute atomic E-state index is 0.0760. The summed E-state index contributed by atoms with van der Waals surface area (Å²) in [6.45, 7) is 6.87. The number of rotatable bonds is 9. The van der Waals surface area contributed by atoms with Gasteiger partial charge in [0, 0.05) is 6.54 Å². The normalized spacial score (nSPS) is 13.5. The Morgan fingerprint density at radius 2 is 2.05 bits per heavy atom. The highest BCUT2D eigenvalue weighted by molar-refractivity contribution is 5.73. The quantitative estimate of drug-likeness (QED) is 0.733. The molecule has 2 unspecified atom stereocenters. The molecule has 0 saturated carbocycles. The van der Waals surface area contributed by atoms with Gasteiger partial charge in [-0.05, 0) is 30.5 Å². The Morgan fingerprint density at radius 1 is 1.33 bits per heavy atom. The van der Waals surface area contributed by atoms with Crippen molar-refractivity contribution in [2.75, 3.05) is 13.7 Å². The van der Waals surface area contributed by atoms with Crippen LogP contribution in [0.2, 0.25) is 0 Å². The number of ether oxygens (including phenoxy) is 2. The van der Waals surface area contributed by atoms with Crippen LogP contribution in [0.3, 0.4) is 0 Å². The number of hydrogen-bond donors (Lipinski definition) is 2. The molecular formula is C16H25NO4. The van der Waals surface area contributed by atoms with Crippen molar-refractivity contribution in [2.45, 2.75) is 39.8 Å². The van der Waals surface area contributed by atoms with E-state index in [0.29, 0.717) is 24.7 Å². The topological polar surface area (TPSA) is 67.8 Å². The zero-order chi connectivity index (χ0) is 15.8. The van der Waals surface area contributed by atoms with Gasteiger partial charge in [0.2, 0.25) is 0 Å². The van der Waals surface area contributed by atoms with Crippen LogP contribution in [0.5, 0.6) is 11.5 Å². The number of benzene rings is 1. The van der Waals surface area contributed by atoms with Crippen LogP contribution in [0.1, 0.15) is 32.8 Å². The predicted octanol–water partition coefficient (Wildman–Crippen LogP) is 2.68. The highest BCUT2D eigenvalue weighted by atomic mass is 16.5. The number of nitrogens with one attached hydrogen (secondary N) is 1. The van der Waals surface area contributed by atoms with Crippen molar-refractivity contribution >= 4 is 5.97 Å².